The van der Waals surface area contributed by atoms with Crippen LogP contribution >= 0.6 is 0 Å². The van der Waals surface area contributed by atoms with Crippen LogP contribution in [0.5, 0.6) is 0 Å². The minimum absolute atomic E-state index is 0.0226. The van der Waals surface area contributed by atoms with Gasteiger partial charge in [0.1, 0.15) is 0 Å². The van der Waals surface area contributed by atoms with E-state index in [1.54, 1.807) is 19.2 Å². The van der Waals surface area contributed by atoms with Crippen LogP contribution in [0, 0.1) is 0 Å². The first kappa shape index (κ1) is 18.9. The van der Waals surface area contributed by atoms with E-state index in [0.29, 0.717) is 25.3 Å². The van der Waals surface area contributed by atoms with Gasteiger partial charge in [-0.05, 0) is 42.7 Å². The lowest BCUT2D eigenvalue weighted by Crippen LogP contribution is -2.34. The molecule has 0 saturated carbocycles. The minimum atomic E-state index is -0.130. The summed E-state index contributed by atoms with van der Waals surface area (Å²) in [6.07, 6.45) is 1.66. The monoisotopic (exact) mass is 367 g/mol. The number of methoxy groups -OCH3 is 1. The summed E-state index contributed by atoms with van der Waals surface area (Å²) in [4.78, 5) is 26.6. The maximum atomic E-state index is 12.6. The van der Waals surface area contributed by atoms with Crippen LogP contribution in [0.3, 0.4) is 0 Å². The fraction of sp³-hybridized carbons (Fsp3) is 0.333. The van der Waals surface area contributed by atoms with E-state index in [2.05, 4.69) is 16.7 Å². The molecule has 0 spiro atoms. The predicted molar refractivity (Wildman–Crippen MR) is 106 cm³/mol. The number of carbonyl (C=O) groups is 2. The Labute approximate surface area is 159 Å². The second kappa shape index (κ2) is 9.19. The van der Waals surface area contributed by atoms with Crippen molar-refractivity contribution in [2.45, 2.75) is 12.8 Å². The van der Waals surface area contributed by atoms with Crippen LogP contribution in [0.1, 0.15) is 22.3 Å². The van der Waals surface area contributed by atoms with Gasteiger partial charge in [0, 0.05) is 43.7 Å². The van der Waals surface area contributed by atoms with Crippen molar-refractivity contribution in [3.8, 4) is 0 Å². The molecule has 0 bridgehead atoms. The van der Waals surface area contributed by atoms with Gasteiger partial charge in [-0.25, -0.2) is 0 Å². The third kappa shape index (κ3) is 4.86. The first-order valence-corrected chi connectivity index (χ1v) is 9.18. The number of para-hydroxylation sites is 1. The molecule has 2 aromatic carbocycles. The summed E-state index contributed by atoms with van der Waals surface area (Å²) in [5, 5.41) is 5.99. The van der Waals surface area contributed by atoms with Crippen molar-refractivity contribution in [1.82, 2.24) is 5.32 Å². The smallest absolute Gasteiger partial charge is 0.251 e. The molecule has 2 aromatic rings. The average Bonchev–Trinajstić information content (AvgIpc) is 3.14. The first-order chi connectivity index (χ1) is 13.2. The zero-order valence-electron chi connectivity index (χ0n) is 15.5. The average molecular weight is 367 g/mol. The third-order valence-corrected chi connectivity index (χ3v) is 4.57. The van der Waals surface area contributed by atoms with Crippen LogP contribution in [-0.2, 0) is 16.0 Å². The summed E-state index contributed by atoms with van der Waals surface area (Å²) in [5.41, 5.74) is 3.52. The van der Waals surface area contributed by atoms with Gasteiger partial charge >= 0.3 is 0 Å². The van der Waals surface area contributed by atoms with Crippen molar-refractivity contribution in [2.75, 3.05) is 43.6 Å². The number of fused-ring (bicyclic) bond motifs is 1. The maximum Gasteiger partial charge on any atom is 0.251 e. The van der Waals surface area contributed by atoms with Crippen molar-refractivity contribution in [1.29, 1.82) is 0 Å². The van der Waals surface area contributed by atoms with E-state index in [1.807, 2.05) is 35.2 Å². The highest BCUT2D eigenvalue weighted by atomic mass is 16.5. The zero-order chi connectivity index (χ0) is 19.1. The maximum absolute atomic E-state index is 12.6. The van der Waals surface area contributed by atoms with Crippen LogP contribution in [0.4, 0.5) is 11.4 Å². The van der Waals surface area contributed by atoms with E-state index < -0.39 is 0 Å². The van der Waals surface area contributed by atoms with Gasteiger partial charge in [-0.3, -0.25) is 9.59 Å². The Balaban J connectivity index is 1.54. The molecule has 0 aliphatic carbocycles. The van der Waals surface area contributed by atoms with Gasteiger partial charge in [0.25, 0.3) is 5.91 Å². The molecule has 0 atom stereocenters. The van der Waals surface area contributed by atoms with Crippen LogP contribution in [-0.4, -0.2) is 45.2 Å². The van der Waals surface area contributed by atoms with Crippen molar-refractivity contribution in [3.05, 3.63) is 59.7 Å². The largest absolute Gasteiger partial charge is 0.385 e. The fourth-order valence-electron chi connectivity index (χ4n) is 3.16. The number of anilines is 2. The number of benzene rings is 2. The SMILES string of the molecule is COCCCNC(=O)c1cccc(NCC(=O)N2CCc3ccccc32)c1. The van der Waals surface area contributed by atoms with E-state index in [9.17, 15) is 9.59 Å². The molecule has 3 rings (SSSR count). The Kier molecular flexibility index (Phi) is 6.44. The Hall–Kier alpha value is -2.86. The lowest BCUT2D eigenvalue weighted by molar-refractivity contribution is -0.116. The molecule has 6 heteroatoms. The van der Waals surface area contributed by atoms with Gasteiger partial charge in [-0.15, -0.1) is 0 Å². The fourth-order valence-corrected chi connectivity index (χ4v) is 3.16. The van der Waals surface area contributed by atoms with Gasteiger partial charge in [-0.2, -0.15) is 0 Å². The number of nitrogens with zero attached hydrogens (tertiary/aromatic N) is 1. The molecule has 6 nitrogen and oxygen atoms in total. The van der Waals surface area contributed by atoms with E-state index >= 15 is 0 Å². The van der Waals surface area contributed by atoms with E-state index in [0.717, 1.165) is 24.2 Å². The summed E-state index contributed by atoms with van der Waals surface area (Å²) >= 11 is 0. The van der Waals surface area contributed by atoms with Crippen molar-refractivity contribution in [2.24, 2.45) is 0 Å². The summed E-state index contributed by atoms with van der Waals surface area (Å²) in [6, 6.07) is 15.2. The van der Waals surface area contributed by atoms with Crippen LogP contribution in [0.25, 0.3) is 0 Å². The predicted octanol–water partition coefficient (Wildman–Crippen LogP) is 2.45. The second-order valence-electron chi connectivity index (χ2n) is 6.46. The summed E-state index contributed by atoms with van der Waals surface area (Å²) in [5.74, 6) is -0.107. The molecule has 2 N–H and O–H groups in total. The van der Waals surface area contributed by atoms with Crippen LogP contribution < -0.4 is 15.5 Å². The van der Waals surface area contributed by atoms with E-state index in [1.165, 1.54) is 5.56 Å². The Bertz CT molecular complexity index is 807. The van der Waals surface area contributed by atoms with Crippen molar-refractivity contribution < 1.29 is 14.3 Å². The molecular formula is C21H25N3O3. The lowest BCUT2D eigenvalue weighted by atomic mass is 10.2. The van der Waals surface area contributed by atoms with Crippen molar-refractivity contribution in [3.63, 3.8) is 0 Å². The van der Waals surface area contributed by atoms with Crippen LogP contribution in [0.15, 0.2) is 48.5 Å². The van der Waals surface area contributed by atoms with E-state index in [-0.39, 0.29) is 18.4 Å². The summed E-state index contributed by atoms with van der Waals surface area (Å²) in [6.45, 7) is 2.08. The number of ether oxygens (including phenoxy) is 1. The lowest BCUT2D eigenvalue weighted by Gasteiger charge is -2.18. The number of amides is 2. The third-order valence-electron chi connectivity index (χ3n) is 4.57. The molecule has 2 amide bonds. The molecule has 142 valence electrons. The van der Waals surface area contributed by atoms with Gasteiger partial charge in [0.2, 0.25) is 5.91 Å². The Morgan fingerprint density at radius 1 is 1.15 bits per heavy atom. The molecule has 1 aliphatic rings. The Morgan fingerprint density at radius 3 is 2.85 bits per heavy atom. The standard InChI is InChI=1S/C21H25N3O3/c1-27-13-5-11-22-21(26)17-7-4-8-18(14-17)23-15-20(25)24-12-10-16-6-2-3-9-19(16)24/h2-4,6-9,14,23H,5,10-13,15H2,1H3,(H,22,26). The molecule has 1 heterocycles. The van der Waals surface area contributed by atoms with Gasteiger partial charge in [0.05, 0.1) is 6.54 Å². The Morgan fingerprint density at radius 2 is 2.00 bits per heavy atom. The minimum Gasteiger partial charge on any atom is -0.385 e. The normalized spacial score (nSPS) is 12.6. The quantitative estimate of drug-likeness (QED) is 0.703. The molecule has 0 radical (unpaired) electrons. The van der Waals surface area contributed by atoms with Gasteiger partial charge in [-0.1, -0.05) is 24.3 Å². The summed E-state index contributed by atoms with van der Waals surface area (Å²) in [7, 11) is 1.64. The number of carbonyl (C=O) groups excluding carboxylic acids is 2. The van der Waals surface area contributed by atoms with Crippen LogP contribution in [0.2, 0.25) is 0 Å². The number of rotatable bonds is 8. The topological polar surface area (TPSA) is 70.7 Å². The molecular weight excluding hydrogens is 342 g/mol. The number of hydrogen-bond acceptors (Lipinski definition) is 4. The van der Waals surface area contributed by atoms with E-state index in [4.69, 9.17) is 4.74 Å². The molecule has 1 aliphatic heterocycles. The number of hydrogen-bond donors (Lipinski definition) is 2. The summed E-state index contributed by atoms with van der Waals surface area (Å²) < 4.78 is 4.97. The second-order valence-corrected chi connectivity index (χ2v) is 6.46. The zero-order valence-corrected chi connectivity index (χ0v) is 15.5. The molecule has 27 heavy (non-hydrogen) atoms. The molecule has 0 saturated heterocycles. The number of nitrogens with one attached hydrogen (secondary N) is 2. The highest BCUT2D eigenvalue weighted by Crippen LogP contribution is 2.27. The highest BCUT2D eigenvalue weighted by Gasteiger charge is 2.23. The van der Waals surface area contributed by atoms with Gasteiger partial charge in [0.15, 0.2) is 0 Å². The van der Waals surface area contributed by atoms with Crippen molar-refractivity contribution >= 4 is 23.2 Å². The highest BCUT2D eigenvalue weighted by molar-refractivity contribution is 5.98. The molecule has 0 unspecified atom stereocenters. The first-order valence-electron chi connectivity index (χ1n) is 9.18. The van der Waals surface area contributed by atoms with Gasteiger partial charge < -0.3 is 20.3 Å². The molecule has 0 aromatic heterocycles. The molecule has 0 fully saturated rings.